The van der Waals surface area contributed by atoms with E-state index in [0.717, 1.165) is 30.6 Å². The molecule has 0 N–H and O–H groups in total. The highest BCUT2D eigenvalue weighted by Crippen LogP contribution is 2.34. The second-order valence-corrected chi connectivity index (χ2v) is 10.3. The number of nitrogens with zero attached hydrogens (tertiary/aromatic N) is 2. The summed E-state index contributed by atoms with van der Waals surface area (Å²) in [5, 5.41) is 2.07. The molecule has 3 aromatic rings. The molecule has 0 aliphatic carbocycles. The highest BCUT2D eigenvalue weighted by molar-refractivity contribution is 7.10. The standard InChI is InChI=1S/C29H32N2O5S/c1-34-23-10-5-7-21(17-23)29(33)30(18-24-11-6-15-35-24)19-28(32)31-14-12-27-25(13-16-37-27)26(31)20-36-22-8-3-2-4-9-22/h2-5,7-10,13,16-17,24,26H,6,11-12,14-15,18-20H2,1H3/t24-,26-/m1/s1. The zero-order chi connectivity index (χ0) is 25.6. The number of ether oxygens (including phenoxy) is 3. The lowest BCUT2D eigenvalue weighted by Crippen LogP contribution is -2.49. The Labute approximate surface area is 221 Å². The summed E-state index contributed by atoms with van der Waals surface area (Å²) in [6.07, 6.45) is 2.58. The zero-order valence-electron chi connectivity index (χ0n) is 21.0. The van der Waals surface area contributed by atoms with Crippen molar-refractivity contribution in [3.05, 3.63) is 82.0 Å². The average Bonchev–Trinajstić information content (AvgIpc) is 3.64. The van der Waals surface area contributed by atoms with Crippen LogP contribution in [0.4, 0.5) is 0 Å². The van der Waals surface area contributed by atoms with Gasteiger partial charge < -0.3 is 24.0 Å². The van der Waals surface area contributed by atoms with E-state index in [1.807, 2.05) is 35.2 Å². The Bertz CT molecular complexity index is 1210. The Morgan fingerprint density at radius 3 is 2.73 bits per heavy atom. The van der Waals surface area contributed by atoms with Crippen molar-refractivity contribution < 1.29 is 23.8 Å². The molecule has 0 saturated carbocycles. The number of methoxy groups -OCH3 is 1. The van der Waals surface area contributed by atoms with Gasteiger partial charge in [-0.05, 0) is 66.6 Å². The van der Waals surface area contributed by atoms with Crippen molar-refractivity contribution in [1.82, 2.24) is 9.80 Å². The minimum Gasteiger partial charge on any atom is -0.497 e. The van der Waals surface area contributed by atoms with Crippen LogP contribution in [0.3, 0.4) is 0 Å². The third-order valence-corrected chi connectivity index (χ3v) is 7.94. The Hall–Kier alpha value is -3.36. The molecule has 3 heterocycles. The van der Waals surface area contributed by atoms with E-state index in [1.54, 1.807) is 47.6 Å². The zero-order valence-corrected chi connectivity index (χ0v) is 21.8. The summed E-state index contributed by atoms with van der Waals surface area (Å²) >= 11 is 1.72. The molecule has 1 aromatic heterocycles. The second kappa shape index (κ2) is 11.8. The van der Waals surface area contributed by atoms with Crippen molar-refractivity contribution in [2.45, 2.75) is 31.4 Å². The predicted molar refractivity (Wildman–Crippen MR) is 142 cm³/mol. The predicted octanol–water partition coefficient (Wildman–Crippen LogP) is 4.58. The van der Waals surface area contributed by atoms with Gasteiger partial charge in [0, 0.05) is 30.1 Å². The minimum atomic E-state index is -0.209. The number of fused-ring (bicyclic) bond motifs is 1. The Morgan fingerprint density at radius 1 is 1.11 bits per heavy atom. The molecule has 2 aromatic carbocycles. The summed E-state index contributed by atoms with van der Waals surface area (Å²) in [7, 11) is 1.57. The molecule has 7 nitrogen and oxygen atoms in total. The lowest BCUT2D eigenvalue weighted by molar-refractivity contribution is -0.135. The molecule has 0 radical (unpaired) electrons. The van der Waals surface area contributed by atoms with Crippen molar-refractivity contribution in [2.75, 3.05) is 40.0 Å². The minimum absolute atomic E-state index is 0.0167. The van der Waals surface area contributed by atoms with Crippen molar-refractivity contribution in [2.24, 2.45) is 0 Å². The molecule has 2 aliphatic rings. The van der Waals surface area contributed by atoms with Crippen LogP contribution in [0, 0.1) is 0 Å². The summed E-state index contributed by atoms with van der Waals surface area (Å²) < 4.78 is 17.2. The summed E-state index contributed by atoms with van der Waals surface area (Å²) in [5.74, 6) is 1.08. The van der Waals surface area contributed by atoms with Gasteiger partial charge in [-0.25, -0.2) is 0 Å². The first-order valence-corrected chi connectivity index (χ1v) is 13.6. The number of hydrogen-bond donors (Lipinski definition) is 0. The highest BCUT2D eigenvalue weighted by atomic mass is 32.1. The molecule has 0 unspecified atom stereocenters. The first kappa shape index (κ1) is 25.3. The SMILES string of the molecule is COc1cccc(C(=O)N(CC(=O)N2CCc3sccc3[C@H]2COc2ccccc2)C[C@H]2CCCO2)c1. The van der Waals surface area contributed by atoms with Gasteiger partial charge in [0.25, 0.3) is 5.91 Å². The van der Waals surface area contributed by atoms with Gasteiger partial charge >= 0.3 is 0 Å². The molecular formula is C29H32N2O5S. The van der Waals surface area contributed by atoms with Gasteiger partial charge in [0.2, 0.25) is 5.91 Å². The number of carbonyl (C=O) groups excluding carboxylic acids is 2. The summed E-state index contributed by atoms with van der Waals surface area (Å²) in [6.45, 7) is 2.00. The number of thiophene rings is 1. The van der Waals surface area contributed by atoms with E-state index in [1.165, 1.54) is 4.88 Å². The van der Waals surface area contributed by atoms with Gasteiger partial charge in [-0.3, -0.25) is 9.59 Å². The average molecular weight is 521 g/mol. The van der Waals surface area contributed by atoms with Crippen molar-refractivity contribution in [3.8, 4) is 11.5 Å². The van der Waals surface area contributed by atoms with Crippen LogP contribution in [0.25, 0.3) is 0 Å². The molecule has 1 fully saturated rings. The maximum Gasteiger partial charge on any atom is 0.254 e. The van der Waals surface area contributed by atoms with Gasteiger partial charge in [-0.15, -0.1) is 11.3 Å². The van der Waals surface area contributed by atoms with Crippen molar-refractivity contribution in [3.63, 3.8) is 0 Å². The summed E-state index contributed by atoms with van der Waals surface area (Å²) in [5.41, 5.74) is 1.62. The summed E-state index contributed by atoms with van der Waals surface area (Å²) in [4.78, 5) is 32.2. The van der Waals surface area contributed by atoms with Crippen LogP contribution in [0.1, 0.15) is 39.7 Å². The van der Waals surface area contributed by atoms with Crippen molar-refractivity contribution >= 4 is 23.2 Å². The van der Waals surface area contributed by atoms with Crippen LogP contribution >= 0.6 is 11.3 Å². The molecule has 194 valence electrons. The van der Waals surface area contributed by atoms with Crippen molar-refractivity contribution in [1.29, 1.82) is 0 Å². The van der Waals surface area contributed by atoms with Crippen LogP contribution in [0.15, 0.2) is 66.0 Å². The molecule has 2 aliphatic heterocycles. The van der Waals surface area contributed by atoms with Crippen LogP contribution in [-0.2, 0) is 16.0 Å². The van der Waals surface area contributed by atoms with E-state index in [-0.39, 0.29) is 30.5 Å². The fraction of sp³-hybridized carbons (Fsp3) is 0.379. The molecule has 0 bridgehead atoms. The smallest absolute Gasteiger partial charge is 0.254 e. The van der Waals surface area contributed by atoms with E-state index in [2.05, 4.69) is 11.4 Å². The lowest BCUT2D eigenvalue weighted by Gasteiger charge is -2.37. The molecule has 1 saturated heterocycles. The second-order valence-electron chi connectivity index (χ2n) is 9.33. The van der Waals surface area contributed by atoms with Gasteiger partial charge in [-0.2, -0.15) is 0 Å². The molecule has 5 rings (SSSR count). The van der Waals surface area contributed by atoms with Gasteiger partial charge in [0.15, 0.2) is 0 Å². The molecule has 8 heteroatoms. The number of amides is 2. The van der Waals surface area contributed by atoms with E-state index in [9.17, 15) is 9.59 Å². The molecule has 2 atom stereocenters. The van der Waals surface area contributed by atoms with E-state index >= 15 is 0 Å². The molecule has 37 heavy (non-hydrogen) atoms. The first-order chi connectivity index (χ1) is 18.1. The first-order valence-electron chi connectivity index (χ1n) is 12.7. The third-order valence-electron chi connectivity index (χ3n) is 6.94. The fourth-order valence-corrected chi connectivity index (χ4v) is 5.94. The highest BCUT2D eigenvalue weighted by Gasteiger charge is 2.34. The van der Waals surface area contributed by atoms with Gasteiger partial charge in [0.05, 0.1) is 19.3 Å². The number of hydrogen-bond acceptors (Lipinski definition) is 6. The molecular weight excluding hydrogens is 488 g/mol. The number of carbonyl (C=O) groups is 2. The fourth-order valence-electron chi connectivity index (χ4n) is 5.01. The topological polar surface area (TPSA) is 68.3 Å². The van der Waals surface area contributed by atoms with E-state index < -0.39 is 0 Å². The van der Waals surface area contributed by atoms with E-state index in [0.29, 0.717) is 37.6 Å². The van der Waals surface area contributed by atoms with Crippen LogP contribution < -0.4 is 9.47 Å². The Morgan fingerprint density at radius 2 is 1.95 bits per heavy atom. The monoisotopic (exact) mass is 520 g/mol. The molecule has 2 amide bonds. The van der Waals surface area contributed by atoms with Crippen LogP contribution in [0.5, 0.6) is 11.5 Å². The van der Waals surface area contributed by atoms with E-state index in [4.69, 9.17) is 14.2 Å². The van der Waals surface area contributed by atoms with Crippen LogP contribution in [-0.4, -0.2) is 67.7 Å². The van der Waals surface area contributed by atoms with Gasteiger partial charge in [0.1, 0.15) is 24.7 Å². The molecule has 0 spiro atoms. The number of benzene rings is 2. The Kier molecular flexibility index (Phi) is 8.06. The number of para-hydroxylation sites is 1. The third kappa shape index (κ3) is 5.97. The van der Waals surface area contributed by atoms with Crippen LogP contribution in [0.2, 0.25) is 0 Å². The quantitative estimate of drug-likeness (QED) is 0.413. The number of rotatable bonds is 9. The maximum atomic E-state index is 13.8. The maximum absolute atomic E-state index is 13.8. The summed E-state index contributed by atoms with van der Waals surface area (Å²) in [6, 6.07) is 18.6. The Balaban J connectivity index is 1.36. The normalized spacial score (nSPS) is 18.8. The largest absolute Gasteiger partial charge is 0.497 e. The van der Waals surface area contributed by atoms with Gasteiger partial charge in [-0.1, -0.05) is 24.3 Å². The lowest BCUT2D eigenvalue weighted by atomic mass is 10.00.